The van der Waals surface area contributed by atoms with Gasteiger partial charge in [-0.15, -0.1) is 0 Å². The highest BCUT2D eigenvalue weighted by Gasteiger charge is 2.45. The second-order valence-corrected chi connectivity index (χ2v) is 8.42. The average Bonchev–Trinajstić information content (AvgIpc) is 3.13. The zero-order valence-corrected chi connectivity index (χ0v) is 19.8. The van der Waals surface area contributed by atoms with Crippen LogP contribution in [0.2, 0.25) is 0 Å². The molecule has 1 amide bonds. The van der Waals surface area contributed by atoms with Crippen LogP contribution in [0.25, 0.3) is 5.76 Å². The standard InChI is InChI=1S/C28H28N2O5/c1-19-5-3-6-20(17-19)18-35-23-9-7-22(8-10-23)26(31)24-25(21-11-13-29-14-12-21)30(15-4-16-34-2)28(33)27(24)32/h3,5-14,17,25,31H,4,15-16,18H2,1-2H3/t25-/m1/s1. The Hall–Kier alpha value is -3.97. The molecule has 1 aromatic heterocycles. The summed E-state index contributed by atoms with van der Waals surface area (Å²) in [5, 5.41) is 11.2. The highest BCUT2D eigenvalue weighted by Crippen LogP contribution is 2.39. The third-order valence-corrected chi connectivity index (χ3v) is 5.93. The second kappa shape index (κ2) is 11.0. The number of aromatic nitrogens is 1. The van der Waals surface area contributed by atoms with E-state index in [9.17, 15) is 14.7 Å². The summed E-state index contributed by atoms with van der Waals surface area (Å²) in [7, 11) is 1.59. The first kappa shape index (κ1) is 24.2. The number of pyridine rings is 1. The number of aliphatic hydroxyl groups excluding tert-OH is 1. The van der Waals surface area contributed by atoms with Crippen LogP contribution in [0.5, 0.6) is 5.75 Å². The van der Waals surface area contributed by atoms with Crippen LogP contribution in [0, 0.1) is 6.92 Å². The van der Waals surface area contributed by atoms with Crippen molar-refractivity contribution in [2.24, 2.45) is 0 Å². The van der Waals surface area contributed by atoms with Crippen molar-refractivity contribution in [2.45, 2.75) is 26.0 Å². The van der Waals surface area contributed by atoms with Crippen molar-refractivity contribution in [3.05, 3.63) is 101 Å². The van der Waals surface area contributed by atoms with E-state index >= 15 is 0 Å². The minimum Gasteiger partial charge on any atom is -0.507 e. The summed E-state index contributed by atoms with van der Waals surface area (Å²) in [6.45, 7) is 3.23. The van der Waals surface area contributed by atoms with Gasteiger partial charge in [0.05, 0.1) is 11.6 Å². The van der Waals surface area contributed by atoms with Crippen LogP contribution in [0.15, 0.2) is 78.6 Å². The predicted molar refractivity (Wildman–Crippen MR) is 132 cm³/mol. The van der Waals surface area contributed by atoms with Crippen LogP contribution in [0.3, 0.4) is 0 Å². The number of aryl methyl sites for hydroxylation is 1. The molecule has 7 nitrogen and oxygen atoms in total. The monoisotopic (exact) mass is 472 g/mol. The van der Waals surface area contributed by atoms with Gasteiger partial charge < -0.3 is 19.5 Å². The largest absolute Gasteiger partial charge is 0.507 e. The Labute approximate surface area is 204 Å². The Morgan fingerprint density at radius 3 is 2.49 bits per heavy atom. The molecule has 35 heavy (non-hydrogen) atoms. The number of carbonyl (C=O) groups is 2. The molecule has 1 N–H and O–H groups in total. The van der Waals surface area contributed by atoms with Crippen molar-refractivity contribution in [1.82, 2.24) is 9.88 Å². The van der Waals surface area contributed by atoms with E-state index in [1.807, 2.05) is 25.1 Å². The number of rotatable bonds is 9. The summed E-state index contributed by atoms with van der Waals surface area (Å²) >= 11 is 0. The fourth-order valence-corrected chi connectivity index (χ4v) is 4.22. The number of hydrogen-bond donors (Lipinski definition) is 1. The molecule has 7 heteroatoms. The quantitative estimate of drug-likeness (QED) is 0.215. The van der Waals surface area contributed by atoms with Gasteiger partial charge in [0.15, 0.2) is 0 Å². The first-order valence-corrected chi connectivity index (χ1v) is 11.5. The minimum absolute atomic E-state index is 0.0621. The topological polar surface area (TPSA) is 89.0 Å². The molecule has 1 aliphatic heterocycles. The van der Waals surface area contributed by atoms with Crippen LogP contribution < -0.4 is 4.74 Å². The van der Waals surface area contributed by atoms with Gasteiger partial charge in [0.25, 0.3) is 11.7 Å². The molecule has 0 bridgehead atoms. The molecule has 0 saturated carbocycles. The molecule has 0 unspecified atom stereocenters. The Bertz CT molecular complexity index is 1220. The maximum absolute atomic E-state index is 13.0. The number of Topliss-reactive ketones (excluding diaryl/α,β-unsaturated/α-hetero) is 1. The molecule has 0 spiro atoms. The third-order valence-electron chi connectivity index (χ3n) is 5.93. The normalized spacial score (nSPS) is 17.1. The molecular formula is C28H28N2O5. The lowest BCUT2D eigenvalue weighted by Crippen LogP contribution is -2.31. The Balaban J connectivity index is 1.61. The molecule has 0 radical (unpaired) electrons. The van der Waals surface area contributed by atoms with Crippen LogP contribution in [0.1, 0.15) is 34.7 Å². The van der Waals surface area contributed by atoms with Gasteiger partial charge in [-0.1, -0.05) is 29.8 Å². The second-order valence-electron chi connectivity index (χ2n) is 8.42. The molecule has 2 aromatic carbocycles. The lowest BCUT2D eigenvalue weighted by Gasteiger charge is -2.25. The van der Waals surface area contributed by atoms with Gasteiger partial charge in [0, 0.05) is 38.2 Å². The molecule has 1 aliphatic rings. The van der Waals surface area contributed by atoms with Gasteiger partial charge in [-0.25, -0.2) is 0 Å². The first-order chi connectivity index (χ1) is 17.0. The zero-order chi connectivity index (χ0) is 24.8. The number of ether oxygens (including phenoxy) is 2. The van der Waals surface area contributed by atoms with Gasteiger partial charge in [0.2, 0.25) is 0 Å². The SMILES string of the molecule is COCCCN1C(=O)C(=O)C(=C(O)c2ccc(OCc3cccc(C)c3)cc2)[C@H]1c1ccncc1. The Kier molecular flexibility index (Phi) is 7.57. The average molecular weight is 473 g/mol. The summed E-state index contributed by atoms with van der Waals surface area (Å²) in [6, 6.07) is 17.7. The maximum atomic E-state index is 13.0. The number of amides is 1. The zero-order valence-electron chi connectivity index (χ0n) is 19.8. The number of ketones is 1. The molecule has 0 aliphatic carbocycles. The van der Waals surface area contributed by atoms with Crippen molar-refractivity contribution in [1.29, 1.82) is 0 Å². The lowest BCUT2D eigenvalue weighted by molar-refractivity contribution is -0.140. The molecular weight excluding hydrogens is 444 g/mol. The summed E-state index contributed by atoms with van der Waals surface area (Å²) in [5.41, 5.74) is 3.42. The van der Waals surface area contributed by atoms with E-state index in [0.717, 1.165) is 11.1 Å². The van der Waals surface area contributed by atoms with E-state index in [0.29, 0.717) is 43.1 Å². The highest BCUT2D eigenvalue weighted by atomic mass is 16.5. The number of methoxy groups -OCH3 is 1. The molecule has 1 atom stereocenters. The van der Waals surface area contributed by atoms with Crippen molar-refractivity contribution < 1.29 is 24.2 Å². The molecule has 2 heterocycles. The van der Waals surface area contributed by atoms with Gasteiger partial charge >= 0.3 is 0 Å². The number of carbonyl (C=O) groups excluding carboxylic acids is 2. The van der Waals surface area contributed by atoms with Gasteiger partial charge in [0.1, 0.15) is 18.1 Å². The van der Waals surface area contributed by atoms with Gasteiger partial charge in [-0.3, -0.25) is 14.6 Å². The number of aliphatic hydroxyl groups is 1. The fraction of sp³-hybridized carbons (Fsp3) is 0.250. The first-order valence-electron chi connectivity index (χ1n) is 11.5. The molecule has 1 saturated heterocycles. The van der Waals surface area contributed by atoms with E-state index in [1.54, 1.807) is 55.9 Å². The molecule has 3 aromatic rings. The minimum atomic E-state index is -0.707. The summed E-state index contributed by atoms with van der Waals surface area (Å²) in [5.74, 6) is -0.928. The summed E-state index contributed by atoms with van der Waals surface area (Å²) < 4.78 is 11.0. The van der Waals surface area contributed by atoms with E-state index < -0.39 is 17.7 Å². The van der Waals surface area contributed by atoms with E-state index in [2.05, 4.69) is 11.1 Å². The maximum Gasteiger partial charge on any atom is 0.295 e. The van der Waals surface area contributed by atoms with Gasteiger partial charge in [-0.05, 0) is 60.9 Å². The van der Waals surface area contributed by atoms with Crippen LogP contribution in [0.4, 0.5) is 0 Å². The smallest absolute Gasteiger partial charge is 0.295 e. The van der Waals surface area contributed by atoms with Crippen LogP contribution in [-0.4, -0.2) is 46.9 Å². The Morgan fingerprint density at radius 2 is 1.80 bits per heavy atom. The highest BCUT2D eigenvalue weighted by molar-refractivity contribution is 6.46. The number of hydrogen-bond acceptors (Lipinski definition) is 6. The molecule has 4 rings (SSSR count). The summed E-state index contributed by atoms with van der Waals surface area (Å²) in [6.07, 6.45) is 3.77. The number of likely N-dealkylation sites (tertiary alicyclic amines) is 1. The van der Waals surface area contributed by atoms with Crippen molar-refractivity contribution >= 4 is 17.4 Å². The van der Waals surface area contributed by atoms with E-state index in [1.165, 1.54) is 4.90 Å². The number of nitrogens with zero attached hydrogens (tertiary/aromatic N) is 2. The van der Waals surface area contributed by atoms with E-state index in [4.69, 9.17) is 9.47 Å². The predicted octanol–water partition coefficient (Wildman–Crippen LogP) is 4.43. The number of benzene rings is 2. The van der Waals surface area contributed by atoms with Crippen molar-refractivity contribution in [3.8, 4) is 5.75 Å². The van der Waals surface area contributed by atoms with Crippen LogP contribution >= 0.6 is 0 Å². The lowest BCUT2D eigenvalue weighted by atomic mass is 9.96. The summed E-state index contributed by atoms with van der Waals surface area (Å²) in [4.78, 5) is 31.4. The van der Waals surface area contributed by atoms with Gasteiger partial charge in [-0.2, -0.15) is 0 Å². The van der Waals surface area contributed by atoms with E-state index in [-0.39, 0.29) is 11.3 Å². The fourth-order valence-electron chi connectivity index (χ4n) is 4.22. The molecule has 180 valence electrons. The Morgan fingerprint density at radius 1 is 1.06 bits per heavy atom. The van der Waals surface area contributed by atoms with Crippen LogP contribution in [-0.2, 0) is 20.9 Å². The molecule has 1 fully saturated rings. The third kappa shape index (κ3) is 5.41. The van der Waals surface area contributed by atoms with Crippen molar-refractivity contribution in [2.75, 3.05) is 20.3 Å². The van der Waals surface area contributed by atoms with Crippen molar-refractivity contribution in [3.63, 3.8) is 0 Å².